The summed E-state index contributed by atoms with van der Waals surface area (Å²) in [6, 6.07) is 1.83. The molecule has 0 saturated heterocycles. The zero-order valence-corrected chi connectivity index (χ0v) is 9.47. The highest BCUT2D eigenvalue weighted by molar-refractivity contribution is 9.10. The first kappa shape index (κ1) is 9.97. The molecule has 6 heteroatoms. The van der Waals surface area contributed by atoms with Crippen LogP contribution in [0, 0.1) is 0 Å². The number of fused-ring (bicyclic) bond motifs is 1. The molecule has 2 aromatic rings. The van der Waals surface area contributed by atoms with Gasteiger partial charge >= 0.3 is 0 Å². The number of pyridine rings is 1. The van der Waals surface area contributed by atoms with Crippen molar-refractivity contribution >= 4 is 27.7 Å². The molecule has 0 aliphatic carbocycles. The number of oxime groups is 1. The summed E-state index contributed by atoms with van der Waals surface area (Å²) in [6.07, 6.45) is 4.72. The lowest BCUT2D eigenvalue weighted by molar-refractivity contribution is 0.322. The highest BCUT2D eigenvalue weighted by Gasteiger charge is 2.09. The Labute approximate surface area is 94.1 Å². The van der Waals surface area contributed by atoms with Crippen LogP contribution in [-0.2, 0) is 0 Å². The normalized spacial score (nSPS) is 11.3. The highest BCUT2D eigenvalue weighted by atomic mass is 79.9. The number of hydrogen-bond donors (Lipinski definition) is 1. The van der Waals surface area contributed by atoms with E-state index in [1.165, 1.54) is 6.21 Å². The number of halogens is 1. The van der Waals surface area contributed by atoms with Gasteiger partial charge in [-0.3, -0.25) is 0 Å². The molecule has 0 bridgehead atoms. The summed E-state index contributed by atoms with van der Waals surface area (Å²) >= 11 is 3.35. The Morgan fingerprint density at radius 3 is 3.13 bits per heavy atom. The van der Waals surface area contributed by atoms with Crippen LogP contribution >= 0.6 is 15.9 Å². The van der Waals surface area contributed by atoms with Crippen LogP contribution in [0.1, 0.15) is 5.56 Å². The van der Waals surface area contributed by atoms with E-state index in [4.69, 9.17) is 9.94 Å². The van der Waals surface area contributed by atoms with Gasteiger partial charge in [-0.1, -0.05) is 5.16 Å². The van der Waals surface area contributed by atoms with Crippen LogP contribution in [0.2, 0.25) is 0 Å². The summed E-state index contributed by atoms with van der Waals surface area (Å²) in [7, 11) is 1.58. The molecule has 0 spiro atoms. The topological polar surface area (TPSA) is 59.1 Å². The number of rotatable bonds is 2. The van der Waals surface area contributed by atoms with Gasteiger partial charge in [-0.25, -0.2) is 4.52 Å². The molecule has 0 atom stereocenters. The van der Waals surface area contributed by atoms with Gasteiger partial charge < -0.3 is 9.94 Å². The molecular weight excluding hydrogens is 262 g/mol. The number of aromatic nitrogens is 2. The lowest BCUT2D eigenvalue weighted by Crippen LogP contribution is -1.93. The SMILES string of the molecule is COc1cc(Br)cn2ncc(/C=N/O)c12. The Kier molecular flexibility index (Phi) is 2.59. The van der Waals surface area contributed by atoms with Crippen molar-refractivity contribution in [3.05, 3.63) is 28.5 Å². The minimum Gasteiger partial charge on any atom is -0.494 e. The van der Waals surface area contributed by atoms with Gasteiger partial charge in [0.05, 0.1) is 19.5 Å². The minimum absolute atomic E-state index is 0.664. The second-order valence-corrected chi connectivity index (χ2v) is 3.78. The molecular formula is C9H8BrN3O2. The molecule has 0 aromatic carbocycles. The molecule has 0 aliphatic heterocycles. The number of hydrogen-bond acceptors (Lipinski definition) is 4. The second-order valence-electron chi connectivity index (χ2n) is 2.86. The first-order chi connectivity index (χ1) is 7.26. The van der Waals surface area contributed by atoms with Gasteiger partial charge in [0.1, 0.15) is 11.3 Å². The Morgan fingerprint density at radius 1 is 1.67 bits per heavy atom. The zero-order chi connectivity index (χ0) is 10.8. The van der Waals surface area contributed by atoms with Crippen molar-refractivity contribution in [2.24, 2.45) is 5.16 Å². The molecule has 2 rings (SSSR count). The Hall–Kier alpha value is -1.56. The number of ether oxygens (including phenoxy) is 1. The molecule has 0 saturated carbocycles. The van der Waals surface area contributed by atoms with Crippen LogP contribution in [0.4, 0.5) is 0 Å². The Morgan fingerprint density at radius 2 is 2.47 bits per heavy atom. The molecule has 15 heavy (non-hydrogen) atoms. The monoisotopic (exact) mass is 269 g/mol. The smallest absolute Gasteiger partial charge is 0.146 e. The maximum Gasteiger partial charge on any atom is 0.146 e. The summed E-state index contributed by atoms with van der Waals surface area (Å²) in [5, 5.41) is 15.6. The van der Waals surface area contributed by atoms with Crippen molar-refractivity contribution in [2.75, 3.05) is 7.11 Å². The average molecular weight is 270 g/mol. The summed E-state index contributed by atoms with van der Waals surface area (Å²) in [5.41, 5.74) is 1.46. The van der Waals surface area contributed by atoms with Crippen molar-refractivity contribution in [2.45, 2.75) is 0 Å². The third-order valence-corrected chi connectivity index (χ3v) is 2.42. The maximum atomic E-state index is 8.50. The molecule has 2 aromatic heterocycles. The largest absolute Gasteiger partial charge is 0.494 e. The van der Waals surface area contributed by atoms with E-state index in [2.05, 4.69) is 26.2 Å². The molecule has 0 amide bonds. The summed E-state index contributed by atoms with van der Waals surface area (Å²) in [6.45, 7) is 0. The fraction of sp³-hybridized carbons (Fsp3) is 0.111. The van der Waals surface area contributed by atoms with E-state index < -0.39 is 0 Å². The first-order valence-corrected chi connectivity index (χ1v) is 4.94. The molecule has 0 aliphatic rings. The lowest BCUT2D eigenvalue weighted by atomic mass is 10.2. The van der Waals surface area contributed by atoms with E-state index in [1.807, 2.05) is 6.07 Å². The molecule has 0 fully saturated rings. The summed E-state index contributed by atoms with van der Waals surface area (Å²) in [4.78, 5) is 0. The van der Waals surface area contributed by atoms with Crippen LogP contribution in [0.3, 0.4) is 0 Å². The van der Waals surface area contributed by atoms with Crippen LogP contribution < -0.4 is 4.74 Å². The van der Waals surface area contributed by atoms with E-state index in [1.54, 1.807) is 24.0 Å². The van der Waals surface area contributed by atoms with Gasteiger partial charge in [-0.05, 0) is 22.0 Å². The molecule has 0 unspecified atom stereocenters. The third-order valence-electron chi connectivity index (χ3n) is 1.99. The minimum atomic E-state index is 0.664. The second kappa shape index (κ2) is 3.90. The molecule has 5 nitrogen and oxygen atoms in total. The highest BCUT2D eigenvalue weighted by Crippen LogP contribution is 2.26. The van der Waals surface area contributed by atoms with Crippen molar-refractivity contribution < 1.29 is 9.94 Å². The van der Waals surface area contributed by atoms with Crippen LogP contribution in [0.25, 0.3) is 5.52 Å². The maximum absolute atomic E-state index is 8.50. The van der Waals surface area contributed by atoms with Crippen molar-refractivity contribution in [1.82, 2.24) is 9.61 Å². The van der Waals surface area contributed by atoms with Crippen LogP contribution in [0.5, 0.6) is 5.75 Å². The first-order valence-electron chi connectivity index (χ1n) is 4.14. The van der Waals surface area contributed by atoms with E-state index in [0.717, 1.165) is 9.99 Å². The van der Waals surface area contributed by atoms with Crippen LogP contribution in [-0.4, -0.2) is 28.1 Å². The molecule has 2 heterocycles. The van der Waals surface area contributed by atoms with Gasteiger partial charge in [-0.15, -0.1) is 0 Å². The standard InChI is InChI=1S/C9H8BrN3O2/c1-15-8-2-7(10)5-13-9(8)6(3-11-13)4-12-14/h2-5,14H,1H3/b12-4+. The lowest BCUT2D eigenvalue weighted by Gasteiger charge is -2.04. The Balaban J connectivity index is 2.77. The number of methoxy groups -OCH3 is 1. The molecule has 0 radical (unpaired) electrons. The Bertz CT molecular complexity index is 521. The van der Waals surface area contributed by atoms with Gasteiger partial charge in [0, 0.05) is 16.2 Å². The predicted octanol–water partition coefficient (Wildman–Crippen LogP) is 1.91. The van der Waals surface area contributed by atoms with Crippen molar-refractivity contribution in [3.8, 4) is 5.75 Å². The van der Waals surface area contributed by atoms with Gasteiger partial charge in [-0.2, -0.15) is 5.10 Å². The van der Waals surface area contributed by atoms with Gasteiger partial charge in [0.15, 0.2) is 0 Å². The van der Waals surface area contributed by atoms with Gasteiger partial charge in [0.2, 0.25) is 0 Å². The third kappa shape index (κ3) is 1.68. The van der Waals surface area contributed by atoms with E-state index in [9.17, 15) is 0 Å². The molecule has 78 valence electrons. The van der Waals surface area contributed by atoms with Crippen molar-refractivity contribution in [3.63, 3.8) is 0 Å². The van der Waals surface area contributed by atoms with E-state index in [-0.39, 0.29) is 0 Å². The fourth-order valence-corrected chi connectivity index (χ4v) is 1.79. The van der Waals surface area contributed by atoms with E-state index >= 15 is 0 Å². The molecule has 1 N–H and O–H groups in total. The quantitative estimate of drug-likeness (QED) is 0.515. The van der Waals surface area contributed by atoms with Gasteiger partial charge in [0.25, 0.3) is 0 Å². The predicted molar refractivity (Wildman–Crippen MR) is 58.8 cm³/mol. The fourth-order valence-electron chi connectivity index (χ4n) is 1.39. The van der Waals surface area contributed by atoms with Crippen LogP contribution in [0.15, 0.2) is 28.1 Å². The van der Waals surface area contributed by atoms with Crippen molar-refractivity contribution in [1.29, 1.82) is 0 Å². The number of nitrogens with zero attached hydrogens (tertiary/aromatic N) is 3. The summed E-state index contributed by atoms with van der Waals surface area (Å²) < 4.78 is 7.74. The zero-order valence-electron chi connectivity index (χ0n) is 7.88. The average Bonchev–Trinajstić information content (AvgIpc) is 2.61. The summed E-state index contributed by atoms with van der Waals surface area (Å²) in [5.74, 6) is 0.664. The van der Waals surface area contributed by atoms with E-state index in [0.29, 0.717) is 11.3 Å².